The topological polar surface area (TPSA) is 26.8 Å². The van der Waals surface area contributed by atoms with Gasteiger partial charge in [0.2, 0.25) is 5.91 Å². The van der Waals surface area contributed by atoms with Crippen molar-refractivity contribution in [1.82, 2.24) is 14.7 Å². The molecule has 1 aliphatic rings. The van der Waals surface area contributed by atoms with Gasteiger partial charge in [0.15, 0.2) is 0 Å². The Bertz CT molecular complexity index is 762. The van der Waals surface area contributed by atoms with E-state index in [-0.39, 0.29) is 5.91 Å². The maximum absolute atomic E-state index is 13.7. The van der Waals surface area contributed by atoms with E-state index in [0.717, 1.165) is 38.9 Å². The molecule has 0 saturated heterocycles. The lowest BCUT2D eigenvalue weighted by atomic mass is 9.91. The van der Waals surface area contributed by atoms with Gasteiger partial charge >= 0.3 is 0 Å². The van der Waals surface area contributed by atoms with E-state index >= 15 is 0 Å². The second-order valence-electron chi connectivity index (χ2n) is 8.34. The second-order valence-corrected chi connectivity index (χ2v) is 8.34. The van der Waals surface area contributed by atoms with Gasteiger partial charge < -0.3 is 9.80 Å². The van der Waals surface area contributed by atoms with E-state index in [1.165, 1.54) is 16.7 Å². The predicted molar refractivity (Wildman–Crippen MR) is 116 cm³/mol. The number of nitrogens with zero attached hydrogens (tertiary/aromatic N) is 3. The van der Waals surface area contributed by atoms with Crippen LogP contribution in [0.2, 0.25) is 0 Å². The van der Waals surface area contributed by atoms with Crippen molar-refractivity contribution < 1.29 is 4.79 Å². The van der Waals surface area contributed by atoms with Gasteiger partial charge in [0.1, 0.15) is 5.54 Å². The lowest BCUT2D eigenvalue weighted by molar-refractivity contribution is -0.142. The summed E-state index contributed by atoms with van der Waals surface area (Å²) in [6, 6.07) is 19.0. The van der Waals surface area contributed by atoms with E-state index in [4.69, 9.17) is 0 Å². The first kappa shape index (κ1) is 20.6. The number of carbonyl (C=O) groups excluding carboxylic acids is 1. The molecule has 4 heteroatoms. The van der Waals surface area contributed by atoms with Crippen LogP contribution in [0.5, 0.6) is 0 Å². The molecule has 2 aromatic rings. The Labute approximate surface area is 169 Å². The fourth-order valence-corrected chi connectivity index (χ4v) is 4.14. The van der Waals surface area contributed by atoms with E-state index in [2.05, 4.69) is 65.4 Å². The van der Waals surface area contributed by atoms with Crippen LogP contribution >= 0.6 is 0 Å². The third-order valence-corrected chi connectivity index (χ3v) is 6.02. The average Bonchev–Trinajstić information content (AvgIpc) is 3.11. The van der Waals surface area contributed by atoms with Gasteiger partial charge in [0, 0.05) is 39.5 Å². The molecule has 0 heterocycles. The number of benzene rings is 2. The van der Waals surface area contributed by atoms with Crippen molar-refractivity contribution in [1.29, 1.82) is 0 Å². The Morgan fingerprint density at radius 2 is 1.39 bits per heavy atom. The van der Waals surface area contributed by atoms with Crippen LogP contribution in [-0.2, 0) is 24.1 Å². The Morgan fingerprint density at radius 3 is 1.96 bits per heavy atom. The number of carbonyl (C=O) groups is 1. The van der Waals surface area contributed by atoms with Crippen molar-refractivity contribution >= 4 is 5.91 Å². The van der Waals surface area contributed by atoms with Gasteiger partial charge in [-0.1, -0.05) is 54.6 Å². The van der Waals surface area contributed by atoms with Crippen molar-refractivity contribution in [2.24, 2.45) is 0 Å². The lowest BCUT2D eigenvalue weighted by Gasteiger charge is -2.40. The van der Waals surface area contributed by atoms with Gasteiger partial charge in [-0.2, -0.15) is 0 Å². The third-order valence-electron chi connectivity index (χ3n) is 6.02. The van der Waals surface area contributed by atoms with Crippen LogP contribution in [0.4, 0.5) is 0 Å². The maximum Gasteiger partial charge on any atom is 0.243 e. The molecule has 0 aliphatic heterocycles. The molecule has 0 unspecified atom stereocenters. The van der Waals surface area contributed by atoms with Crippen LogP contribution in [0.15, 0.2) is 54.6 Å². The first-order valence-corrected chi connectivity index (χ1v) is 10.1. The quantitative estimate of drug-likeness (QED) is 0.706. The number of likely N-dealkylation sites (N-methyl/N-ethyl adjacent to an activating group) is 3. The molecule has 4 nitrogen and oxygen atoms in total. The normalized spacial score (nSPS) is 15.1. The number of amides is 1. The molecule has 0 radical (unpaired) electrons. The SMILES string of the molecule is CN(C)CCN(C)C(=O)C1(N(C)CCc2ccccc2)Cc2ccccc2C1. The molecule has 0 spiro atoms. The fraction of sp³-hybridized carbons (Fsp3) is 0.458. The van der Waals surface area contributed by atoms with Crippen molar-refractivity contribution in [3.8, 4) is 0 Å². The molecule has 0 atom stereocenters. The zero-order chi connectivity index (χ0) is 20.1. The lowest BCUT2D eigenvalue weighted by Crippen LogP contribution is -2.59. The van der Waals surface area contributed by atoms with Gasteiger partial charge in [-0.05, 0) is 44.3 Å². The van der Waals surface area contributed by atoms with E-state index in [1.807, 2.05) is 32.1 Å². The summed E-state index contributed by atoms with van der Waals surface area (Å²) in [4.78, 5) is 20.0. The zero-order valence-electron chi connectivity index (χ0n) is 17.7. The Balaban J connectivity index is 1.80. The highest BCUT2D eigenvalue weighted by Crippen LogP contribution is 2.35. The standard InChI is InChI=1S/C24H33N3O/c1-25(2)16-17-26(3)23(28)24(18-21-12-8-9-13-22(21)19-24)27(4)15-14-20-10-6-5-7-11-20/h5-13H,14-19H2,1-4H3. The summed E-state index contributed by atoms with van der Waals surface area (Å²) in [5.74, 6) is 0.237. The fourth-order valence-electron chi connectivity index (χ4n) is 4.14. The molecule has 0 saturated carbocycles. The minimum absolute atomic E-state index is 0.237. The minimum Gasteiger partial charge on any atom is -0.343 e. The maximum atomic E-state index is 13.7. The molecule has 3 rings (SSSR count). The molecular weight excluding hydrogens is 346 g/mol. The van der Waals surface area contributed by atoms with Gasteiger partial charge in [-0.25, -0.2) is 0 Å². The average molecular weight is 380 g/mol. The minimum atomic E-state index is -0.487. The summed E-state index contributed by atoms with van der Waals surface area (Å²) in [7, 11) is 8.16. The van der Waals surface area contributed by atoms with Crippen molar-refractivity contribution in [3.05, 3.63) is 71.3 Å². The Hall–Kier alpha value is -2.17. The van der Waals surface area contributed by atoms with Gasteiger partial charge in [-0.15, -0.1) is 0 Å². The number of rotatable bonds is 8. The highest BCUT2D eigenvalue weighted by Gasteiger charge is 2.48. The molecule has 0 bridgehead atoms. The van der Waals surface area contributed by atoms with Crippen LogP contribution in [0.1, 0.15) is 16.7 Å². The van der Waals surface area contributed by atoms with E-state index in [9.17, 15) is 4.79 Å². The molecular formula is C24H33N3O. The highest BCUT2D eigenvalue weighted by molar-refractivity contribution is 5.88. The van der Waals surface area contributed by atoms with Crippen LogP contribution in [0.3, 0.4) is 0 Å². The molecule has 0 N–H and O–H groups in total. The second kappa shape index (κ2) is 8.89. The molecule has 2 aromatic carbocycles. The Kier molecular flexibility index (Phi) is 6.53. The molecule has 150 valence electrons. The summed E-state index contributed by atoms with van der Waals surface area (Å²) in [6.07, 6.45) is 2.53. The predicted octanol–water partition coefficient (Wildman–Crippen LogP) is 2.72. The number of hydrogen-bond acceptors (Lipinski definition) is 3. The van der Waals surface area contributed by atoms with Crippen LogP contribution in [0, 0.1) is 0 Å². The molecule has 1 aliphatic carbocycles. The van der Waals surface area contributed by atoms with Crippen LogP contribution < -0.4 is 0 Å². The molecule has 0 aromatic heterocycles. The molecule has 0 fully saturated rings. The smallest absolute Gasteiger partial charge is 0.243 e. The summed E-state index contributed by atoms with van der Waals surface area (Å²) in [6.45, 7) is 2.49. The van der Waals surface area contributed by atoms with Gasteiger partial charge in [-0.3, -0.25) is 9.69 Å². The third kappa shape index (κ3) is 4.45. The molecule has 1 amide bonds. The zero-order valence-corrected chi connectivity index (χ0v) is 17.7. The summed E-state index contributed by atoms with van der Waals surface area (Å²) in [5.41, 5.74) is 3.44. The monoisotopic (exact) mass is 379 g/mol. The molecule has 28 heavy (non-hydrogen) atoms. The Morgan fingerprint density at radius 1 is 0.821 bits per heavy atom. The summed E-state index contributed by atoms with van der Waals surface area (Å²) < 4.78 is 0. The van der Waals surface area contributed by atoms with E-state index in [1.54, 1.807) is 0 Å². The van der Waals surface area contributed by atoms with E-state index < -0.39 is 5.54 Å². The van der Waals surface area contributed by atoms with Crippen LogP contribution in [0.25, 0.3) is 0 Å². The summed E-state index contributed by atoms with van der Waals surface area (Å²) >= 11 is 0. The largest absolute Gasteiger partial charge is 0.343 e. The van der Waals surface area contributed by atoms with Crippen LogP contribution in [-0.4, -0.2) is 74.0 Å². The number of hydrogen-bond donors (Lipinski definition) is 0. The van der Waals surface area contributed by atoms with Crippen molar-refractivity contribution in [2.75, 3.05) is 47.8 Å². The van der Waals surface area contributed by atoms with Crippen molar-refractivity contribution in [2.45, 2.75) is 24.8 Å². The van der Waals surface area contributed by atoms with Gasteiger partial charge in [0.25, 0.3) is 0 Å². The first-order chi connectivity index (χ1) is 13.4. The van der Waals surface area contributed by atoms with Gasteiger partial charge in [0.05, 0.1) is 0 Å². The highest BCUT2D eigenvalue weighted by atomic mass is 16.2. The summed E-state index contributed by atoms with van der Waals surface area (Å²) in [5, 5.41) is 0. The first-order valence-electron chi connectivity index (χ1n) is 10.1. The number of fused-ring (bicyclic) bond motifs is 1. The van der Waals surface area contributed by atoms with Crippen molar-refractivity contribution in [3.63, 3.8) is 0 Å². The van der Waals surface area contributed by atoms with E-state index in [0.29, 0.717) is 0 Å².